The van der Waals surface area contributed by atoms with Crippen molar-refractivity contribution in [3.05, 3.63) is 28.0 Å². The molecule has 2 saturated heterocycles. The number of hydrogen-bond acceptors (Lipinski definition) is 4. The first-order chi connectivity index (χ1) is 10.6. The molecule has 3 heterocycles. The minimum absolute atomic E-state index is 0.0333. The molecule has 0 bridgehead atoms. The molecule has 7 heteroatoms. The van der Waals surface area contributed by atoms with Gasteiger partial charge in [-0.05, 0) is 31.1 Å². The summed E-state index contributed by atoms with van der Waals surface area (Å²) in [5.74, 6) is 2.04. The smallest absolute Gasteiger partial charge is 0.255 e. The van der Waals surface area contributed by atoms with E-state index in [0.717, 1.165) is 37.4 Å². The molecule has 120 valence electrons. The summed E-state index contributed by atoms with van der Waals surface area (Å²) < 4.78 is 5.71. The number of nitrogens with zero attached hydrogens (tertiary/aromatic N) is 2. The first kappa shape index (κ1) is 16.4. The molecule has 2 aliphatic heterocycles. The minimum Gasteiger partial charge on any atom is -0.376 e. The van der Waals surface area contributed by atoms with E-state index in [2.05, 4.69) is 4.98 Å². The molecule has 1 aromatic rings. The van der Waals surface area contributed by atoms with Crippen LogP contribution in [-0.2, 0) is 4.74 Å². The van der Waals surface area contributed by atoms with Gasteiger partial charge in [-0.1, -0.05) is 23.2 Å². The molecule has 1 amide bonds. The molecule has 0 aliphatic carbocycles. The van der Waals surface area contributed by atoms with E-state index in [-0.39, 0.29) is 23.2 Å². The van der Waals surface area contributed by atoms with E-state index in [1.54, 1.807) is 6.07 Å². The third kappa shape index (κ3) is 3.70. The first-order valence-corrected chi connectivity index (χ1v) is 9.37. The van der Waals surface area contributed by atoms with Crippen LogP contribution >= 0.6 is 35.0 Å². The van der Waals surface area contributed by atoms with Crippen molar-refractivity contribution in [2.45, 2.75) is 31.4 Å². The van der Waals surface area contributed by atoms with E-state index < -0.39 is 0 Å². The number of hydrogen-bond donors (Lipinski definition) is 0. The molecule has 2 unspecified atom stereocenters. The number of aromatic nitrogens is 1. The van der Waals surface area contributed by atoms with Crippen LogP contribution in [0.1, 0.15) is 29.6 Å². The van der Waals surface area contributed by atoms with E-state index in [1.165, 1.54) is 6.20 Å². The molecule has 0 saturated carbocycles. The molecule has 22 heavy (non-hydrogen) atoms. The van der Waals surface area contributed by atoms with Crippen LogP contribution in [0.5, 0.6) is 0 Å². The number of thioether (sulfide) groups is 1. The average Bonchev–Trinajstić information content (AvgIpc) is 3.20. The van der Waals surface area contributed by atoms with Gasteiger partial charge in [0.2, 0.25) is 0 Å². The summed E-state index contributed by atoms with van der Waals surface area (Å²) in [4.78, 5) is 18.8. The van der Waals surface area contributed by atoms with Gasteiger partial charge in [0.15, 0.2) is 0 Å². The fourth-order valence-electron chi connectivity index (χ4n) is 2.88. The summed E-state index contributed by atoms with van der Waals surface area (Å²) in [6.45, 7) is 1.44. The Morgan fingerprint density at radius 2 is 2.32 bits per heavy atom. The Morgan fingerprint density at radius 3 is 2.95 bits per heavy atom. The van der Waals surface area contributed by atoms with Crippen LogP contribution in [0, 0.1) is 0 Å². The van der Waals surface area contributed by atoms with E-state index in [9.17, 15) is 4.79 Å². The lowest BCUT2D eigenvalue weighted by Crippen LogP contribution is -2.44. The number of rotatable bonds is 4. The number of halogens is 2. The van der Waals surface area contributed by atoms with Gasteiger partial charge >= 0.3 is 0 Å². The SMILES string of the molecule is O=C(c1cnc(Cl)c(Cl)c1)N(CC1CCCO1)C1CCSC1. The van der Waals surface area contributed by atoms with Gasteiger partial charge in [-0.3, -0.25) is 4.79 Å². The third-order valence-electron chi connectivity index (χ3n) is 4.07. The highest BCUT2D eigenvalue weighted by atomic mass is 35.5. The predicted molar refractivity (Wildman–Crippen MR) is 90.0 cm³/mol. The highest BCUT2D eigenvalue weighted by Gasteiger charge is 2.31. The van der Waals surface area contributed by atoms with E-state index in [4.69, 9.17) is 27.9 Å². The zero-order valence-electron chi connectivity index (χ0n) is 12.1. The summed E-state index contributed by atoms with van der Waals surface area (Å²) in [5.41, 5.74) is 0.490. The summed E-state index contributed by atoms with van der Waals surface area (Å²) >= 11 is 13.7. The highest BCUT2D eigenvalue weighted by molar-refractivity contribution is 7.99. The fraction of sp³-hybridized carbons (Fsp3) is 0.600. The molecule has 2 aliphatic rings. The van der Waals surface area contributed by atoms with Crippen molar-refractivity contribution in [3.8, 4) is 0 Å². The van der Waals surface area contributed by atoms with Gasteiger partial charge < -0.3 is 9.64 Å². The van der Waals surface area contributed by atoms with Crippen molar-refractivity contribution in [2.24, 2.45) is 0 Å². The Hall–Kier alpha value is -0.490. The molecule has 2 fully saturated rings. The fourth-order valence-corrected chi connectivity index (χ4v) is 4.37. The van der Waals surface area contributed by atoms with E-state index in [1.807, 2.05) is 16.7 Å². The van der Waals surface area contributed by atoms with Crippen LogP contribution in [0.2, 0.25) is 10.2 Å². The Kier molecular flexibility index (Phi) is 5.50. The lowest BCUT2D eigenvalue weighted by Gasteiger charge is -2.30. The lowest BCUT2D eigenvalue weighted by molar-refractivity contribution is 0.0441. The maximum atomic E-state index is 12.9. The van der Waals surface area contributed by atoms with Gasteiger partial charge in [0, 0.05) is 31.1 Å². The van der Waals surface area contributed by atoms with E-state index in [0.29, 0.717) is 17.1 Å². The summed E-state index contributed by atoms with van der Waals surface area (Å²) in [7, 11) is 0. The Bertz CT molecular complexity index is 546. The second-order valence-corrected chi connectivity index (χ2v) is 7.52. The van der Waals surface area contributed by atoms with Gasteiger partial charge in [0.25, 0.3) is 5.91 Å². The maximum absolute atomic E-state index is 12.9. The zero-order chi connectivity index (χ0) is 15.5. The standard InChI is InChI=1S/C15H18Cl2N2O2S/c16-13-6-10(7-18-14(13)17)15(20)19(11-3-5-22-9-11)8-12-2-1-4-21-12/h6-7,11-12H,1-5,8-9H2. The normalized spacial score (nSPS) is 24.6. The predicted octanol–water partition coefficient (Wildman–Crippen LogP) is 3.52. The third-order valence-corrected chi connectivity index (χ3v) is 5.91. The van der Waals surface area contributed by atoms with Crippen LogP contribution in [0.25, 0.3) is 0 Å². The maximum Gasteiger partial charge on any atom is 0.255 e. The summed E-state index contributed by atoms with van der Waals surface area (Å²) in [6, 6.07) is 1.86. The average molecular weight is 361 g/mol. The molecule has 0 radical (unpaired) electrons. The second-order valence-electron chi connectivity index (χ2n) is 5.61. The molecule has 2 atom stereocenters. The van der Waals surface area contributed by atoms with Crippen LogP contribution in [0.15, 0.2) is 12.3 Å². The first-order valence-electron chi connectivity index (χ1n) is 7.46. The Balaban J connectivity index is 1.79. The number of carbonyl (C=O) groups is 1. The number of pyridine rings is 1. The van der Waals surface area contributed by atoms with Crippen molar-refractivity contribution < 1.29 is 9.53 Å². The minimum atomic E-state index is -0.0333. The van der Waals surface area contributed by atoms with Crippen molar-refractivity contribution in [2.75, 3.05) is 24.7 Å². The van der Waals surface area contributed by atoms with Crippen molar-refractivity contribution in [1.29, 1.82) is 0 Å². The number of ether oxygens (including phenoxy) is 1. The molecule has 1 aromatic heterocycles. The molecular weight excluding hydrogens is 343 g/mol. The Labute approximate surface area is 144 Å². The van der Waals surface area contributed by atoms with Gasteiger partial charge in [-0.2, -0.15) is 11.8 Å². The van der Waals surface area contributed by atoms with Crippen molar-refractivity contribution in [1.82, 2.24) is 9.88 Å². The molecule has 0 N–H and O–H groups in total. The van der Waals surface area contributed by atoms with Gasteiger partial charge in [0.1, 0.15) is 5.15 Å². The summed E-state index contributed by atoms with van der Waals surface area (Å²) in [5, 5.41) is 0.533. The Morgan fingerprint density at radius 1 is 1.45 bits per heavy atom. The molecule has 3 rings (SSSR count). The van der Waals surface area contributed by atoms with Crippen molar-refractivity contribution in [3.63, 3.8) is 0 Å². The van der Waals surface area contributed by atoms with Crippen LogP contribution in [0.3, 0.4) is 0 Å². The van der Waals surface area contributed by atoms with Crippen molar-refractivity contribution >= 4 is 40.9 Å². The van der Waals surface area contributed by atoms with Gasteiger partial charge in [-0.15, -0.1) is 0 Å². The molecule has 4 nitrogen and oxygen atoms in total. The zero-order valence-corrected chi connectivity index (χ0v) is 14.5. The number of amides is 1. The summed E-state index contributed by atoms with van der Waals surface area (Å²) in [6.07, 6.45) is 4.76. The molecule has 0 spiro atoms. The van der Waals surface area contributed by atoms with Crippen LogP contribution in [-0.4, -0.2) is 52.6 Å². The number of carbonyl (C=O) groups excluding carboxylic acids is 1. The van der Waals surface area contributed by atoms with Crippen LogP contribution in [0.4, 0.5) is 0 Å². The second kappa shape index (κ2) is 7.39. The topological polar surface area (TPSA) is 42.4 Å². The van der Waals surface area contributed by atoms with Gasteiger partial charge in [-0.25, -0.2) is 4.98 Å². The molecule has 0 aromatic carbocycles. The monoisotopic (exact) mass is 360 g/mol. The van der Waals surface area contributed by atoms with Gasteiger partial charge in [0.05, 0.1) is 16.7 Å². The van der Waals surface area contributed by atoms with Crippen LogP contribution < -0.4 is 0 Å². The molecular formula is C15H18Cl2N2O2S. The van der Waals surface area contributed by atoms with E-state index >= 15 is 0 Å². The quantitative estimate of drug-likeness (QED) is 0.770. The highest BCUT2D eigenvalue weighted by Crippen LogP contribution is 2.27. The largest absolute Gasteiger partial charge is 0.376 e. The lowest BCUT2D eigenvalue weighted by atomic mass is 10.1.